The van der Waals surface area contributed by atoms with Gasteiger partial charge in [0.15, 0.2) is 11.6 Å². The minimum Gasteiger partial charge on any atom is -0.355 e. The summed E-state index contributed by atoms with van der Waals surface area (Å²) in [4.78, 5) is 32.7. The molecule has 1 fully saturated rings. The van der Waals surface area contributed by atoms with Gasteiger partial charge in [0.2, 0.25) is 0 Å². The van der Waals surface area contributed by atoms with Crippen molar-refractivity contribution in [1.29, 1.82) is 0 Å². The molecule has 1 aromatic heterocycles. The number of piperazine rings is 1. The molecular formula is C24H31N3O2. The summed E-state index contributed by atoms with van der Waals surface area (Å²) < 4.78 is 0. The number of H-pyrrole nitrogens is 1. The second-order valence-electron chi connectivity index (χ2n) is 7.87. The highest BCUT2D eigenvalue weighted by molar-refractivity contribution is 6.05. The molecule has 1 saturated heterocycles. The number of nitrogens with zero attached hydrogens (tertiary/aromatic N) is 2. The zero-order valence-electron chi connectivity index (χ0n) is 17.9. The lowest BCUT2D eigenvalue weighted by atomic mass is 10.0. The van der Waals surface area contributed by atoms with E-state index in [1.165, 1.54) is 5.56 Å². The van der Waals surface area contributed by atoms with Gasteiger partial charge >= 0.3 is 0 Å². The standard InChI is InChI=1S/C24H31N3O2/c1-17-22(20(4)28)18(2)25-23(17)24(29)19(3)27-15-13-26(14-16-27)12-8-11-21-9-6-5-7-10-21/h5-11,19,25H,12-16H2,1-4H3/b11-8+/t19-/m0/s1. The summed E-state index contributed by atoms with van der Waals surface area (Å²) in [5, 5.41) is 0. The lowest BCUT2D eigenvalue weighted by Crippen LogP contribution is -2.51. The normalized spacial score (nSPS) is 17.0. The molecule has 1 aliphatic rings. The van der Waals surface area contributed by atoms with Gasteiger partial charge in [0.1, 0.15) is 0 Å². The number of hydrogen-bond acceptors (Lipinski definition) is 4. The van der Waals surface area contributed by atoms with Crippen LogP contribution in [0.3, 0.4) is 0 Å². The number of benzene rings is 1. The minimum absolute atomic E-state index is 0.000116. The van der Waals surface area contributed by atoms with Crippen molar-refractivity contribution in [3.05, 3.63) is 64.5 Å². The highest BCUT2D eigenvalue weighted by atomic mass is 16.1. The molecule has 0 unspecified atom stereocenters. The van der Waals surface area contributed by atoms with E-state index in [-0.39, 0.29) is 17.6 Å². The molecule has 29 heavy (non-hydrogen) atoms. The maximum atomic E-state index is 13.1. The monoisotopic (exact) mass is 393 g/mol. The van der Waals surface area contributed by atoms with Crippen LogP contribution in [0.1, 0.15) is 51.5 Å². The van der Waals surface area contributed by atoms with E-state index in [4.69, 9.17) is 0 Å². The predicted molar refractivity (Wildman–Crippen MR) is 118 cm³/mol. The summed E-state index contributed by atoms with van der Waals surface area (Å²) in [5.41, 5.74) is 3.99. The summed E-state index contributed by atoms with van der Waals surface area (Å²) >= 11 is 0. The Kier molecular flexibility index (Phi) is 6.83. The van der Waals surface area contributed by atoms with Gasteiger partial charge in [-0.25, -0.2) is 0 Å². The van der Waals surface area contributed by atoms with Crippen LogP contribution in [0.25, 0.3) is 6.08 Å². The first-order valence-corrected chi connectivity index (χ1v) is 10.3. The van der Waals surface area contributed by atoms with Crippen LogP contribution in [0.4, 0.5) is 0 Å². The van der Waals surface area contributed by atoms with Gasteiger partial charge in [-0.15, -0.1) is 0 Å². The third-order valence-electron chi connectivity index (χ3n) is 5.84. The molecule has 1 aromatic carbocycles. The molecule has 1 N–H and O–H groups in total. The lowest BCUT2D eigenvalue weighted by molar-refractivity contribution is 0.0714. The zero-order chi connectivity index (χ0) is 21.0. The molecule has 5 heteroatoms. The number of hydrogen-bond donors (Lipinski definition) is 1. The summed E-state index contributed by atoms with van der Waals surface area (Å²) in [5.74, 6) is 0.0654. The third-order valence-corrected chi connectivity index (χ3v) is 5.84. The van der Waals surface area contributed by atoms with Crippen molar-refractivity contribution in [1.82, 2.24) is 14.8 Å². The van der Waals surface area contributed by atoms with Crippen LogP contribution in [-0.2, 0) is 0 Å². The number of aromatic amines is 1. The van der Waals surface area contributed by atoms with Crippen LogP contribution >= 0.6 is 0 Å². The number of Topliss-reactive ketones (excluding diaryl/α,β-unsaturated/α-hetero) is 2. The van der Waals surface area contributed by atoms with Crippen molar-refractivity contribution in [2.24, 2.45) is 0 Å². The van der Waals surface area contributed by atoms with E-state index in [2.05, 4.69) is 39.1 Å². The number of carbonyl (C=O) groups excluding carboxylic acids is 2. The Morgan fingerprint density at radius 3 is 2.34 bits per heavy atom. The van der Waals surface area contributed by atoms with Gasteiger partial charge in [0.05, 0.1) is 11.7 Å². The predicted octanol–water partition coefficient (Wildman–Crippen LogP) is 3.74. The van der Waals surface area contributed by atoms with Crippen molar-refractivity contribution in [3.63, 3.8) is 0 Å². The molecular weight excluding hydrogens is 362 g/mol. The molecule has 5 nitrogen and oxygen atoms in total. The fourth-order valence-corrected chi connectivity index (χ4v) is 4.13. The highest BCUT2D eigenvalue weighted by Gasteiger charge is 2.29. The number of carbonyl (C=O) groups is 2. The van der Waals surface area contributed by atoms with Crippen LogP contribution in [0.15, 0.2) is 36.4 Å². The number of ketones is 2. The van der Waals surface area contributed by atoms with E-state index in [9.17, 15) is 9.59 Å². The van der Waals surface area contributed by atoms with E-state index in [1.807, 2.05) is 39.0 Å². The van der Waals surface area contributed by atoms with Gasteiger partial charge in [-0.3, -0.25) is 19.4 Å². The van der Waals surface area contributed by atoms with Gasteiger partial charge < -0.3 is 4.98 Å². The fraction of sp³-hybridized carbons (Fsp3) is 0.417. The number of aromatic nitrogens is 1. The van der Waals surface area contributed by atoms with Gasteiger partial charge in [-0.1, -0.05) is 42.5 Å². The summed E-state index contributed by atoms with van der Waals surface area (Å²) in [6.07, 6.45) is 4.36. The molecule has 0 saturated carbocycles. The molecule has 1 aliphatic heterocycles. The van der Waals surface area contributed by atoms with E-state index in [0.29, 0.717) is 11.3 Å². The summed E-state index contributed by atoms with van der Waals surface area (Å²) in [6.45, 7) is 11.8. The van der Waals surface area contributed by atoms with Crippen molar-refractivity contribution in [2.45, 2.75) is 33.7 Å². The smallest absolute Gasteiger partial charge is 0.196 e. The summed E-state index contributed by atoms with van der Waals surface area (Å²) in [7, 11) is 0. The van der Waals surface area contributed by atoms with Gasteiger partial charge in [-0.2, -0.15) is 0 Å². The Balaban J connectivity index is 1.55. The molecule has 0 radical (unpaired) electrons. The molecule has 0 bridgehead atoms. The Morgan fingerprint density at radius 2 is 1.76 bits per heavy atom. The minimum atomic E-state index is -0.200. The van der Waals surface area contributed by atoms with E-state index < -0.39 is 0 Å². The topological polar surface area (TPSA) is 56.4 Å². The van der Waals surface area contributed by atoms with Crippen molar-refractivity contribution >= 4 is 17.6 Å². The molecule has 0 spiro atoms. The summed E-state index contributed by atoms with van der Waals surface area (Å²) in [6, 6.07) is 10.1. The first-order chi connectivity index (χ1) is 13.9. The van der Waals surface area contributed by atoms with Crippen LogP contribution < -0.4 is 0 Å². The van der Waals surface area contributed by atoms with Crippen LogP contribution in [0, 0.1) is 13.8 Å². The Hall–Kier alpha value is -2.50. The van der Waals surface area contributed by atoms with E-state index in [1.54, 1.807) is 6.92 Å². The average molecular weight is 394 g/mol. The molecule has 0 aliphatic carbocycles. The Bertz CT molecular complexity index is 890. The Labute approximate surface area is 173 Å². The van der Waals surface area contributed by atoms with Gasteiger partial charge in [0, 0.05) is 44.0 Å². The van der Waals surface area contributed by atoms with E-state index >= 15 is 0 Å². The maximum absolute atomic E-state index is 13.1. The lowest BCUT2D eigenvalue weighted by Gasteiger charge is -2.37. The highest BCUT2D eigenvalue weighted by Crippen LogP contribution is 2.21. The third kappa shape index (κ3) is 4.92. The maximum Gasteiger partial charge on any atom is 0.196 e. The number of rotatable bonds is 7. The van der Waals surface area contributed by atoms with Gasteiger partial charge in [0.25, 0.3) is 0 Å². The molecule has 3 rings (SSSR count). The number of aryl methyl sites for hydroxylation is 1. The molecule has 2 aromatic rings. The molecule has 154 valence electrons. The second-order valence-corrected chi connectivity index (χ2v) is 7.87. The van der Waals surface area contributed by atoms with Crippen molar-refractivity contribution in [2.75, 3.05) is 32.7 Å². The largest absolute Gasteiger partial charge is 0.355 e. The van der Waals surface area contributed by atoms with Crippen molar-refractivity contribution in [3.8, 4) is 0 Å². The number of nitrogens with one attached hydrogen (secondary N) is 1. The molecule has 1 atom stereocenters. The van der Waals surface area contributed by atoms with E-state index in [0.717, 1.165) is 44.0 Å². The first kappa shape index (κ1) is 21.2. The first-order valence-electron chi connectivity index (χ1n) is 10.3. The Morgan fingerprint density at radius 1 is 1.10 bits per heavy atom. The second kappa shape index (κ2) is 9.33. The average Bonchev–Trinajstić information content (AvgIpc) is 3.02. The van der Waals surface area contributed by atoms with Crippen LogP contribution in [0.2, 0.25) is 0 Å². The molecule has 2 heterocycles. The van der Waals surface area contributed by atoms with Crippen LogP contribution in [-0.4, -0.2) is 65.1 Å². The molecule has 0 amide bonds. The SMILES string of the molecule is CC(=O)c1c(C)[nH]c(C(=O)[C@H](C)N2CCN(C/C=C/c3ccccc3)CC2)c1C. The zero-order valence-corrected chi connectivity index (χ0v) is 17.9. The fourth-order valence-electron chi connectivity index (χ4n) is 4.13. The van der Waals surface area contributed by atoms with Gasteiger partial charge in [-0.05, 0) is 38.8 Å². The van der Waals surface area contributed by atoms with Crippen LogP contribution in [0.5, 0.6) is 0 Å². The quantitative estimate of drug-likeness (QED) is 0.728. The van der Waals surface area contributed by atoms with Crippen molar-refractivity contribution < 1.29 is 9.59 Å².